The molecule has 0 spiro atoms. The second-order valence-electron chi connectivity index (χ2n) is 4.85. The third-order valence-corrected chi connectivity index (χ3v) is 4.11. The number of H-pyrrole nitrogens is 1. The molecule has 1 aromatic carbocycles. The Kier molecular flexibility index (Phi) is 4.29. The molecule has 5 nitrogen and oxygen atoms in total. The molecule has 0 saturated heterocycles. The Morgan fingerprint density at radius 3 is 2.96 bits per heavy atom. The first kappa shape index (κ1) is 15.1. The van der Waals surface area contributed by atoms with Crippen LogP contribution in [-0.4, -0.2) is 26.1 Å². The van der Waals surface area contributed by atoms with E-state index in [0.717, 1.165) is 17.2 Å². The number of aliphatic hydroxyl groups is 1. The lowest BCUT2D eigenvalue weighted by atomic mass is 10.1. The van der Waals surface area contributed by atoms with Crippen LogP contribution in [0.4, 0.5) is 4.39 Å². The van der Waals surface area contributed by atoms with Crippen molar-refractivity contribution in [2.45, 2.75) is 6.42 Å². The van der Waals surface area contributed by atoms with Gasteiger partial charge in [-0.3, -0.25) is 9.89 Å². The second kappa shape index (κ2) is 6.53. The summed E-state index contributed by atoms with van der Waals surface area (Å²) in [6.45, 7) is 0. The van der Waals surface area contributed by atoms with E-state index in [1.54, 1.807) is 12.1 Å². The summed E-state index contributed by atoms with van der Waals surface area (Å²) in [5.41, 5.74) is 1.75. The standard InChI is InChI=1S/C16H12FN3O2S/c17-12-3-1-2-10(5-12)4-11-6-15(23-8-11)13(21)7-14(22)16-18-9-19-20-16/h1-3,5-9,22H,4H2,(H,18,19,20). The fourth-order valence-corrected chi connectivity index (χ4v) is 2.90. The highest BCUT2D eigenvalue weighted by atomic mass is 32.1. The number of aromatic nitrogens is 3. The van der Waals surface area contributed by atoms with Gasteiger partial charge in [0.25, 0.3) is 0 Å². The van der Waals surface area contributed by atoms with E-state index in [1.807, 2.05) is 11.4 Å². The van der Waals surface area contributed by atoms with Gasteiger partial charge in [0, 0.05) is 6.08 Å². The van der Waals surface area contributed by atoms with Gasteiger partial charge in [-0.15, -0.1) is 11.3 Å². The smallest absolute Gasteiger partial charge is 0.199 e. The summed E-state index contributed by atoms with van der Waals surface area (Å²) in [5, 5.41) is 17.7. The number of ketones is 1. The molecule has 2 N–H and O–H groups in total. The van der Waals surface area contributed by atoms with Gasteiger partial charge in [-0.25, -0.2) is 9.37 Å². The molecule has 0 aliphatic rings. The molecule has 0 unspecified atom stereocenters. The molecule has 0 aliphatic carbocycles. The fraction of sp³-hybridized carbons (Fsp3) is 0.0625. The number of aromatic amines is 1. The van der Waals surface area contributed by atoms with Crippen molar-refractivity contribution in [1.82, 2.24) is 15.2 Å². The lowest BCUT2D eigenvalue weighted by Crippen LogP contribution is -1.95. The van der Waals surface area contributed by atoms with Crippen molar-refractivity contribution in [2.24, 2.45) is 0 Å². The van der Waals surface area contributed by atoms with E-state index in [-0.39, 0.29) is 23.2 Å². The molecule has 0 bridgehead atoms. The van der Waals surface area contributed by atoms with Crippen molar-refractivity contribution in [2.75, 3.05) is 0 Å². The molecule has 3 aromatic rings. The molecule has 2 heterocycles. The third-order valence-electron chi connectivity index (χ3n) is 3.12. The van der Waals surface area contributed by atoms with Gasteiger partial charge >= 0.3 is 0 Å². The highest BCUT2D eigenvalue weighted by Crippen LogP contribution is 2.20. The lowest BCUT2D eigenvalue weighted by Gasteiger charge is -1.98. The number of benzene rings is 1. The summed E-state index contributed by atoms with van der Waals surface area (Å²) in [5.74, 6) is -0.745. The van der Waals surface area contributed by atoms with Crippen molar-refractivity contribution in [3.63, 3.8) is 0 Å². The highest BCUT2D eigenvalue weighted by Gasteiger charge is 2.11. The largest absolute Gasteiger partial charge is 0.504 e. The SMILES string of the molecule is O=C(C=C(O)c1ncn[nH]1)c1cc(Cc2cccc(F)c2)cs1. The molecule has 0 aliphatic heterocycles. The van der Waals surface area contributed by atoms with Crippen LogP contribution in [0.25, 0.3) is 5.76 Å². The zero-order valence-electron chi connectivity index (χ0n) is 11.9. The molecule has 0 radical (unpaired) electrons. The Morgan fingerprint density at radius 1 is 1.35 bits per heavy atom. The van der Waals surface area contributed by atoms with Crippen molar-refractivity contribution >= 4 is 22.9 Å². The van der Waals surface area contributed by atoms with E-state index >= 15 is 0 Å². The van der Waals surface area contributed by atoms with Gasteiger partial charge in [0.2, 0.25) is 0 Å². The molecular formula is C16H12FN3O2S. The highest BCUT2D eigenvalue weighted by molar-refractivity contribution is 7.12. The van der Waals surface area contributed by atoms with Gasteiger partial charge in [0.1, 0.15) is 12.1 Å². The van der Waals surface area contributed by atoms with E-state index in [9.17, 15) is 14.3 Å². The first-order chi connectivity index (χ1) is 11.1. The summed E-state index contributed by atoms with van der Waals surface area (Å²) in [6, 6.07) is 8.08. The van der Waals surface area contributed by atoms with E-state index in [2.05, 4.69) is 15.2 Å². The number of hydrogen-bond acceptors (Lipinski definition) is 5. The molecule has 0 fully saturated rings. The van der Waals surface area contributed by atoms with Crippen LogP contribution in [0.15, 0.2) is 48.1 Å². The van der Waals surface area contributed by atoms with Gasteiger partial charge in [-0.1, -0.05) is 12.1 Å². The predicted octanol–water partition coefficient (Wildman–Crippen LogP) is 3.38. The molecular weight excluding hydrogens is 317 g/mol. The number of carbonyl (C=O) groups excluding carboxylic acids is 1. The Labute approximate surface area is 135 Å². The number of allylic oxidation sites excluding steroid dienone is 1. The van der Waals surface area contributed by atoms with Crippen molar-refractivity contribution in [3.8, 4) is 0 Å². The lowest BCUT2D eigenvalue weighted by molar-refractivity contribution is 0.104. The monoisotopic (exact) mass is 329 g/mol. The number of nitrogens with one attached hydrogen (secondary N) is 1. The summed E-state index contributed by atoms with van der Waals surface area (Å²) < 4.78 is 13.2. The van der Waals surface area contributed by atoms with Crippen LogP contribution in [0.1, 0.15) is 26.6 Å². The molecule has 0 amide bonds. The number of hydrogen-bond donors (Lipinski definition) is 2. The average Bonchev–Trinajstić information content (AvgIpc) is 3.18. The maximum atomic E-state index is 13.2. The quantitative estimate of drug-likeness (QED) is 0.427. The number of aliphatic hydroxyl groups excluding tert-OH is 1. The average molecular weight is 329 g/mol. The number of halogens is 1. The van der Waals surface area contributed by atoms with Crippen LogP contribution in [0.2, 0.25) is 0 Å². The van der Waals surface area contributed by atoms with Crippen LogP contribution in [0, 0.1) is 5.82 Å². The van der Waals surface area contributed by atoms with E-state index in [4.69, 9.17) is 0 Å². The van der Waals surface area contributed by atoms with Gasteiger partial charge in [0.15, 0.2) is 17.4 Å². The summed E-state index contributed by atoms with van der Waals surface area (Å²) >= 11 is 1.28. The van der Waals surface area contributed by atoms with E-state index in [0.29, 0.717) is 11.3 Å². The molecule has 0 saturated carbocycles. The zero-order valence-corrected chi connectivity index (χ0v) is 12.7. The Morgan fingerprint density at radius 2 is 2.22 bits per heavy atom. The van der Waals surface area contributed by atoms with Crippen molar-refractivity contribution in [3.05, 3.63) is 75.8 Å². The number of carbonyl (C=O) groups is 1. The van der Waals surface area contributed by atoms with E-state index < -0.39 is 0 Å². The molecule has 23 heavy (non-hydrogen) atoms. The molecule has 2 aromatic heterocycles. The van der Waals surface area contributed by atoms with Crippen molar-refractivity contribution < 1.29 is 14.3 Å². The molecule has 3 rings (SSSR count). The predicted molar refractivity (Wildman–Crippen MR) is 84.8 cm³/mol. The molecule has 0 atom stereocenters. The summed E-state index contributed by atoms with van der Waals surface area (Å²) in [4.78, 5) is 16.4. The van der Waals surface area contributed by atoms with Crippen LogP contribution >= 0.6 is 11.3 Å². The van der Waals surface area contributed by atoms with Crippen LogP contribution < -0.4 is 0 Å². The Balaban J connectivity index is 1.74. The minimum Gasteiger partial charge on any atom is -0.504 e. The number of thiophene rings is 1. The zero-order chi connectivity index (χ0) is 16.2. The van der Waals surface area contributed by atoms with E-state index in [1.165, 1.54) is 29.8 Å². The topological polar surface area (TPSA) is 78.9 Å². The first-order valence-corrected chi connectivity index (χ1v) is 7.62. The maximum Gasteiger partial charge on any atom is 0.199 e. The maximum absolute atomic E-state index is 13.2. The summed E-state index contributed by atoms with van der Waals surface area (Å²) in [7, 11) is 0. The van der Waals surface area contributed by atoms with Gasteiger partial charge < -0.3 is 5.11 Å². The normalized spacial score (nSPS) is 11.6. The minimum absolute atomic E-state index is 0.134. The Hall–Kier alpha value is -2.80. The first-order valence-electron chi connectivity index (χ1n) is 6.74. The van der Waals surface area contributed by atoms with Crippen LogP contribution in [0.5, 0.6) is 0 Å². The number of rotatable bonds is 5. The third kappa shape index (κ3) is 3.70. The number of nitrogens with zero attached hydrogens (tertiary/aromatic N) is 2. The summed E-state index contributed by atoms with van der Waals surface area (Å²) in [6.07, 6.45) is 2.88. The van der Waals surface area contributed by atoms with Gasteiger partial charge in [-0.2, -0.15) is 5.10 Å². The fourth-order valence-electron chi connectivity index (χ4n) is 2.07. The van der Waals surface area contributed by atoms with Crippen LogP contribution in [0.3, 0.4) is 0 Å². The molecule has 116 valence electrons. The minimum atomic E-state index is -0.325. The molecule has 7 heteroatoms. The second-order valence-corrected chi connectivity index (χ2v) is 5.77. The van der Waals surface area contributed by atoms with Gasteiger partial charge in [0.05, 0.1) is 4.88 Å². The Bertz CT molecular complexity index is 856. The van der Waals surface area contributed by atoms with Crippen molar-refractivity contribution in [1.29, 1.82) is 0 Å². The van der Waals surface area contributed by atoms with Crippen LogP contribution in [-0.2, 0) is 6.42 Å². The van der Waals surface area contributed by atoms with Gasteiger partial charge in [-0.05, 0) is 41.1 Å².